The number of aromatic nitrogens is 5. The van der Waals surface area contributed by atoms with Crippen LogP contribution in [0, 0.1) is 6.92 Å². The zero-order chi connectivity index (χ0) is 15.2. The minimum Gasteiger partial charge on any atom is -0.463 e. The minimum absolute atomic E-state index is 0.241. The maximum absolute atomic E-state index is 5.40. The van der Waals surface area contributed by atoms with Gasteiger partial charge in [0.25, 0.3) is 0 Å². The topological polar surface area (TPSA) is 116 Å². The average Bonchev–Trinajstić information content (AvgIpc) is 2.80. The van der Waals surface area contributed by atoms with Crippen molar-refractivity contribution in [2.45, 2.75) is 26.8 Å². The highest BCUT2D eigenvalue weighted by Crippen LogP contribution is 2.12. The van der Waals surface area contributed by atoms with Crippen LogP contribution in [0.2, 0.25) is 0 Å². The lowest BCUT2D eigenvalue weighted by atomic mass is 10.3. The SMILES string of the molecule is CCCOc1nc(NN)nc(NCc2cn(C)nc2C)n1. The summed E-state index contributed by atoms with van der Waals surface area (Å²) in [6.45, 7) is 5.05. The highest BCUT2D eigenvalue weighted by Gasteiger charge is 2.08. The monoisotopic (exact) mass is 292 g/mol. The molecule has 2 aromatic heterocycles. The van der Waals surface area contributed by atoms with E-state index >= 15 is 0 Å². The molecule has 9 nitrogen and oxygen atoms in total. The number of nitrogen functional groups attached to an aromatic ring is 1. The van der Waals surface area contributed by atoms with Gasteiger partial charge in [-0.05, 0) is 13.3 Å². The lowest BCUT2D eigenvalue weighted by Crippen LogP contribution is -2.14. The fraction of sp³-hybridized carbons (Fsp3) is 0.500. The van der Waals surface area contributed by atoms with Crippen LogP contribution in [-0.2, 0) is 13.6 Å². The molecule has 0 atom stereocenters. The Labute approximate surface area is 122 Å². The van der Waals surface area contributed by atoms with Crippen molar-refractivity contribution in [2.24, 2.45) is 12.9 Å². The third kappa shape index (κ3) is 4.02. The largest absolute Gasteiger partial charge is 0.463 e. The van der Waals surface area contributed by atoms with E-state index in [0.717, 1.165) is 17.7 Å². The number of aryl methyl sites for hydroxylation is 2. The first-order chi connectivity index (χ1) is 10.1. The van der Waals surface area contributed by atoms with E-state index in [4.69, 9.17) is 10.6 Å². The Kier molecular flexibility index (Phi) is 4.88. The van der Waals surface area contributed by atoms with Crippen molar-refractivity contribution in [1.82, 2.24) is 24.7 Å². The predicted octanol–water partition coefficient (Wildman–Crippen LogP) is 0.600. The molecule has 0 saturated heterocycles. The maximum Gasteiger partial charge on any atom is 0.323 e. The number of hydrogen-bond donors (Lipinski definition) is 3. The van der Waals surface area contributed by atoms with E-state index in [-0.39, 0.29) is 12.0 Å². The van der Waals surface area contributed by atoms with Crippen LogP contribution in [0.15, 0.2) is 6.20 Å². The van der Waals surface area contributed by atoms with Crippen molar-refractivity contribution in [2.75, 3.05) is 17.3 Å². The number of hydrogen-bond acceptors (Lipinski definition) is 8. The Morgan fingerprint density at radius 2 is 2.05 bits per heavy atom. The zero-order valence-corrected chi connectivity index (χ0v) is 12.4. The molecule has 0 aliphatic heterocycles. The van der Waals surface area contributed by atoms with E-state index in [1.165, 1.54) is 0 Å². The minimum atomic E-state index is 0.241. The summed E-state index contributed by atoms with van der Waals surface area (Å²) in [5.41, 5.74) is 4.42. The van der Waals surface area contributed by atoms with Gasteiger partial charge in [0.1, 0.15) is 0 Å². The van der Waals surface area contributed by atoms with Gasteiger partial charge in [-0.2, -0.15) is 20.1 Å². The first-order valence-electron chi connectivity index (χ1n) is 6.71. The lowest BCUT2D eigenvalue weighted by molar-refractivity contribution is 0.292. The molecule has 0 fully saturated rings. The number of anilines is 2. The number of ether oxygens (including phenoxy) is 1. The average molecular weight is 292 g/mol. The summed E-state index contributed by atoms with van der Waals surface area (Å²) in [5.74, 6) is 6.00. The molecule has 0 saturated carbocycles. The lowest BCUT2D eigenvalue weighted by Gasteiger charge is -2.08. The third-order valence-corrected chi connectivity index (χ3v) is 2.73. The van der Waals surface area contributed by atoms with Gasteiger partial charge in [-0.15, -0.1) is 0 Å². The van der Waals surface area contributed by atoms with E-state index in [9.17, 15) is 0 Å². The summed E-state index contributed by atoms with van der Waals surface area (Å²) in [6, 6.07) is 0.241. The van der Waals surface area contributed by atoms with Crippen LogP contribution >= 0.6 is 0 Å². The van der Waals surface area contributed by atoms with E-state index in [1.54, 1.807) is 4.68 Å². The molecule has 2 heterocycles. The molecular formula is C12H20N8O. The summed E-state index contributed by atoms with van der Waals surface area (Å²) in [6.07, 6.45) is 2.81. The van der Waals surface area contributed by atoms with E-state index in [2.05, 4.69) is 30.8 Å². The molecule has 21 heavy (non-hydrogen) atoms. The van der Waals surface area contributed by atoms with E-state index in [1.807, 2.05) is 27.1 Å². The van der Waals surface area contributed by atoms with Crippen LogP contribution in [-0.4, -0.2) is 31.3 Å². The maximum atomic E-state index is 5.40. The van der Waals surface area contributed by atoms with Crippen LogP contribution in [0.3, 0.4) is 0 Å². The fourth-order valence-corrected chi connectivity index (χ4v) is 1.75. The van der Waals surface area contributed by atoms with Gasteiger partial charge in [0, 0.05) is 25.4 Å². The zero-order valence-electron chi connectivity index (χ0n) is 12.4. The summed E-state index contributed by atoms with van der Waals surface area (Å²) in [4.78, 5) is 12.4. The molecule has 0 spiro atoms. The number of nitrogens with zero attached hydrogens (tertiary/aromatic N) is 5. The van der Waals surface area contributed by atoms with Crippen LogP contribution in [0.25, 0.3) is 0 Å². The van der Waals surface area contributed by atoms with Gasteiger partial charge in [-0.3, -0.25) is 10.1 Å². The van der Waals surface area contributed by atoms with Gasteiger partial charge in [-0.25, -0.2) is 5.84 Å². The molecule has 0 bridgehead atoms. The normalized spacial score (nSPS) is 10.5. The Hall–Kier alpha value is -2.42. The molecule has 0 aromatic carbocycles. The van der Waals surface area contributed by atoms with Crippen LogP contribution in [0.5, 0.6) is 6.01 Å². The van der Waals surface area contributed by atoms with Crippen molar-refractivity contribution in [3.63, 3.8) is 0 Å². The van der Waals surface area contributed by atoms with Crippen LogP contribution in [0.1, 0.15) is 24.6 Å². The summed E-state index contributed by atoms with van der Waals surface area (Å²) >= 11 is 0. The predicted molar refractivity (Wildman–Crippen MR) is 78.7 cm³/mol. The quantitative estimate of drug-likeness (QED) is 0.502. The number of nitrogens with one attached hydrogen (secondary N) is 2. The first kappa shape index (κ1) is 15.0. The van der Waals surface area contributed by atoms with Crippen molar-refractivity contribution < 1.29 is 4.74 Å². The second kappa shape index (κ2) is 6.84. The van der Waals surface area contributed by atoms with Gasteiger partial charge in [-0.1, -0.05) is 6.92 Å². The Bertz CT molecular complexity index is 597. The van der Waals surface area contributed by atoms with Crippen molar-refractivity contribution in [1.29, 1.82) is 0 Å². The summed E-state index contributed by atoms with van der Waals surface area (Å²) in [7, 11) is 1.88. The first-order valence-corrected chi connectivity index (χ1v) is 6.71. The molecule has 2 aromatic rings. The second-order valence-corrected chi connectivity index (χ2v) is 4.52. The standard InChI is InChI=1S/C12H20N8O/c1-4-5-21-12-16-10(15-11(17-12)18-13)14-6-9-7-20(3)19-8(9)2/h7H,4-6,13H2,1-3H3,(H2,14,15,16,17,18). The number of hydrazine groups is 1. The molecule has 0 aliphatic carbocycles. The molecule has 9 heteroatoms. The molecule has 0 aliphatic rings. The molecule has 0 amide bonds. The Morgan fingerprint density at radius 3 is 2.67 bits per heavy atom. The van der Waals surface area contributed by atoms with E-state index < -0.39 is 0 Å². The van der Waals surface area contributed by atoms with Gasteiger partial charge in [0.15, 0.2) is 0 Å². The molecule has 0 radical (unpaired) electrons. The third-order valence-electron chi connectivity index (χ3n) is 2.73. The second-order valence-electron chi connectivity index (χ2n) is 4.52. The van der Waals surface area contributed by atoms with Gasteiger partial charge in [0.2, 0.25) is 11.9 Å². The van der Waals surface area contributed by atoms with Gasteiger partial charge < -0.3 is 10.1 Å². The Morgan fingerprint density at radius 1 is 1.29 bits per heavy atom. The molecule has 4 N–H and O–H groups in total. The fourth-order valence-electron chi connectivity index (χ4n) is 1.75. The highest BCUT2D eigenvalue weighted by atomic mass is 16.5. The van der Waals surface area contributed by atoms with Gasteiger partial charge >= 0.3 is 6.01 Å². The van der Waals surface area contributed by atoms with Gasteiger partial charge in [0.05, 0.1) is 12.3 Å². The van der Waals surface area contributed by atoms with Crippen molar-refractivity contribution in [3.05, 3.63) is 17.5 Å². The van der Waals surface area contributed by atoms with Crippen molar-refractivity contribution in [3.8, 4) is 6.01 Å². The molecule has 0 unspecified atom stereocenters. The number of nitrogens with two attached hydrogens (primary N) is 1. The smallest absolute Gasteiger partial charge is 0.323 e. The van der Waals surface area contributed by atoms with Crippen LogP contribution < -0.4 is 21.3 Å². The number of rotatable bonds is 7. The molecule has 2 rings (SSSR count). The molecular weight excluding hydrogens is 272 g/mol. The van der Waals surface area contributed by atoms with Crippen LogP contribution in [0.4, 0.5) is 11.9 Å². The Balaban J connectivity index is 2.09. The summed E-state index contributed by atoms with van der Waals surface area (Å²) < 4.78 is 7.17. The van der Waals surface area contributed by atoms with E-state index in [0.29, 0.717) is 19.1 Å². The highest BCUT2D eigenvalue weighted by molar-refractivity contribution is 5.36. The van der Waals surface area contributed by atoms with Crippen molar-refractivity contribution >= 4 is 11.9 Å². The molecule has 114 valence electrons. The summed E-state index contributed by atoms with van der Waals surface area (Å²) in [5, 5.41) is 7.40.